The Kier molecular flexibility index (Phi) is 12.2. The molecule has 434 valence electrons. The molecule has 17 rings (SSSR count). The molecule has 6 nitrogen and oxygen atoms in total. The molecule has 10 aromatic carbocycles. The predicted octanol–water partition coefficient (Wildman–Crippen LogP) is 22.1. The summed E-state index contributed by atoms with van der Waals surface area (Å²) < 4.78 is 0. The maximum Gasteiger partial charge on any atom is 0.139 e. The average Bonchev–Trinajstić information content (AvgIpc) is 1.65. The molecule has 4 aromatic heterocycles. The first-order chi connectivity index (χ1) is 44.3. The minimum Gasteiger partial charge on any atom is -0.279 e. The molecule has 0 spiro atoms. The van der Waals surface area contributed by atoms with Crippen molar-refractivity contribution in [1.82, 2.24) is 19.9 Å². The molecule has 0 bridgehead atoms. The Morgan fingerprint density at radius 2 is 0.473 bits per heavy atom. The van der Waals surface area contributed by atoms with Crippen molar-refractivity contribution in [3.63, 3.8) is 0 Å². The van der Waals surface area contributed by atoms with Crippen LogP contribution >= 0.6 is 0 Å². The van der Waals surface area contributed by atoms with Crippen LogP contribution in [-0.4, -0.2) is 19.9 Å². The first-order valence-corrected chi connectivity index (χ1v) is 31.6. The van der Waals surface area contributed by atoms with E-state index in [-0.39, 0.29) is 16.2 Å². The van der Waals surface area contributed by atoms with Crippen molar-refractivity contribution < 1.29 is 0 Å². The van der Waals surface area contributed by atoms with Crippen LogP contribution < -0.4 is 9.80 Å². The van der Waals surface area contributed by atoms with Gasteiger partial charge in [0, 0.05) is 49.2 Å². The van der Waals surface area contributed by atoms with E-state index < -0.39 is 0 Å². The van der Waals surface area contributed by atoms with Crippen molar-refractivity contribution in [3.8, 4) is 33.4 Å². The van der Waals surface area contributed by atoms with E-state index >= 15 is 0 Å². The fourth-order valence-electron chi connectivity index (χ4n) is 14.8. The predicted molar refractivity (Wildman–Crippen MR) is 380 cm³/mol. The molecule has 0 unspecified atom stereocenters. The van der Waals surface area contributed by atoms with Gasteiger partial charge in [-0.1, -0.05) is 224 Å². The minimum absolute atomic E-state index is 0.183. The lowest BCUT2D eigenvalue weighted by atomic mass is 9.81. The second-order valence-electron chi connectivity index (χ2n) is 26.3. The van der Waals surface area contributed by atoms with Gasteiger partial charge < -0.3 is 0 Å². The number of para-hydroxylation sites is 4. The summed E-state index contributed by atoms with van der Waals surface area (Å²) in [5, 5.41) is 4.42. The molecule has 6 heteroatoms. The van der Waals surface area contributed by atoms with Gasteiger partial charge in [-0.25, -0.2) is 19.9 Å². The lowest BCUT2D eigenvalue weighted by molar-refractivity contribution is 0.660. The third-order valence-electron chi connectivity index (χ3n) is 19.8. The highest BCUT2D eigenvalue weighted by atomic mass is 15.2. The molecule has 0 N–H and O–H groups in total. The summed E-state index contributed by atoms with van der Waals surface area (Å²) in [5.41, 5.74) is 25.5. The van der Waals surface area contributed by atoms with Crippen molar-refractivity contribution in [1.29, 1.82) is 0 Å². The molecule has 0 amide bonds. The largest absolute Gasteiger partial charge is 0.279 e. The van der Waals surface area contributed by atoms with E-state index in [9.17, 15) is 0 Å². The highest BCUT2D eigenvalue weighted by molar-refractivity contribution is 5.93. The van der Waals surface area contributed by atoms with Gasteiger partial charge in [-0.05, 0) is 186 Å². The molecule has 0 fully saturated rings. The van der Waals surface area contributed by atoms with Crippen LogP contribution in [0.5, 0.6) is 0 Å². The number of hydrogen-bond acceptors (Lipinski definition) is 6. The number of anilines is 6. The van der Waals surface area contributed by atoms with Crippen LogP contribution in [0.3, 0.4) is 0 Å². The molecular formula is C85H64N6. The Hall–Kier alpha value is -11.1. The fraction of sp³-hybridized carbons (Fsp3) is 0.106. The van der Waals surface area contributed by atoms with Gasteiger partial charge in [0.25, 0.3) is 0 Å². The van der Waals surface area contributed by atoms with Crippen LogP contribution in [0, 0.1) is 0 Å². The summed E-state index contributed by atoms with van der Waals surface area (Å²) in [7, 11) is 0. The Balaban J connectivity index is 0.618. The Bertz CT molecular complexity index is 4940. The van der Waals surface area contributed by atoms with Gasteiger partial charge in [-0.15, -0.1) is 0 Å². The fourth-order valence-corrected chi connectivity index (χ4v) is 14.8. The quantitative estimate of drug-likeness (QED) is 0.127. The van der Waals surface area contributed by atoms with E-state index in [1.807, 2.05) is 24.3 Å². The van der Waals surface area contributed by atoms with E-state index in [1.54, 1.807) is 0 Å². The third kappa shape index (κ3) is 8.91. The van der Waals surface area contributed by atoms with Gasteiger partial charge in [0.15, 0.2) is 0 Å². The number of pyridine rings is 4. The minimum atomic E-state index is -0.253. The summed E-state index contributed by atoms with van der Waals surface area (Å²) in [6.45, 7) is 14.2. The number of rotatable bonds is 10. The van der Waals surface area contributed by atoms with Gasteiger partial charge in [0.2, 0.25) is 0 Å². The van der Waals surface area contributed by atoms with Gasteiger partial charge in [0.1, 0.15) is 23.3 Å². The highest BCUT2D eigenvalue weighted by Crippen LogP contribution is 2.54. The maximum absolute atomic E-state index is 5.20. The smallest absolute Gasteiger partial charge is 0.139 e. The normalized spacial score (nSPS) is 14.4. The standard InChI is InChI=1S/C85H64N6/c1-83(2)69-47-53(23-25-55-29-39-65-67-41-35-61(51-73(67)84(3,4)71(65)49-55)90(79-43-31-57-15-7-11-19-75(57)86-79)80-44-32-58-16-8-12-20-76(58)87-80)27-37-63(69)64-38-28-54(48-70(64)83)24-26-56-30-40-66-68-42-36-62(52-74(68)85(5,6)72(66)50-56)91(81-45-33-59-17-9-13-21-77(59)88-81)82-46-34-60-18-10-14-22-78(60)89-82/h7-52H,1-6H3/b25-23+,26-24+. The van der Waals surface area contributed by atoms with Crippen LogP contribution in [0.1, 0.15) is 97.2 Å². The monoisotopic (exact) mass is 1170 g/mol. The lowest BCUT2D eigenvalue weighted by Gasteiger charge is -2.27. The van der Waals surface area contributed by atoms with Crippen LogP contribution in [0.25, 0.3) is 101 Å². The second-order valence-corrected chi connectivity index (χ2v) is 26.3. The van der Waals surface area contributed by atoms with Crippen LogP contribution in [0.4, 0.5) is 34.6 Å². The molecule has 0 aliphatic heterocycles. The topological polar surface area (TPSA) is 58.0 Å². The second kappa shape index (κ2) is 20.5. The zero-order valence-corrected chi connectivity index (χ0v) is 51.7. The number of benzene rings is 10. The van der Waals surface area contributed by atoms with E-state index in [1.165, 1.54) is 89.0 Å². The Labute approximate surface area is 530 Å². The first-order valence-electron chi connectivity index (χ1n) is 31.6. The third-order valence-corrected chi connectivity index (χ3v) is 19.8. The van der Waals surface area contributed by atoms with Crippen molar-refractivity contribution in [2.45, 2.75) is 57.8 Å². The zero-order valence-electron chi connectivity index (χ0n) is 51.7. The highest BCUT2D eigenvalue weighted by Gasteiger charge is 2.39. The molecular weight excluding hydrogens is 1100 g/mol. The number of nitrogens with zero attached hydrogens (tertiary/aromatic N) is 6. The number of aromatic nitrogens is 4. The molecule has 0 saturated heterocycles. The summed E-state index contributed by atoms with van der Waals surface area (Å²) in [5.74, 6) is 3.31. The molecule has 3 aliphatic rings. The number of fused-ring (bicyclic) bond motifs is 13. The van der Waals surface area contributed by atoms with Crippen LogP contribution in [-0.2, 0) is 16.2 Å². The van der Waals surface area contributed by atoms with E-state index in [0.717, 1.165) is 78.3 Å². The summed E-state index contributed by atoms with van der Waals surface area (Å²) >= 11 is 0. The molecule has 0 atom stereocenters. The van der Waals surface area contributed by atoms with Gasteiger partial charge in [0.05, 0.1) is 22.1 Å². The van der Waals surface area contributed by atoms with Crippen molar-refractivity contribution in [3.05, 3.63) is 310 Å². The molecule has 91 heavy (non-hydrogen) atoms. The van der Waals surface area contributed by atoms with Crippen molar-refractivity contribution >= 4 is 103 Å². The van der Waals surface area contributed by atoms with Gasteiger partial charge in [-0.3, -0.25) is 9.80 Å². The molecule has 3 aliphatic carbocycles. The molecule has 14 aromatic rings. The SMILES string of the molecule is CC1(C)c2cc(/C=C/c3ccc4c(c3)C(C)(C)c3cc(N(c5ccc6ccccc6n5)c5ccc6ccccc6n5)ccc3-4)ccc2-c2ccc(/C=C/c3ccc4c(c3)C(C)(C)c3cc(N(c5ccc6ccccc6n5)c5ccc6ccccc6n5)ccc3-4)cc21. The average molecular weight is 1170 g/mol. The molecule has 0 saturated carbocycles. The molecule has 4 heterocycles. The lowest BCUT2D eigenvalue weighted by Crippen LogP contribution is -2.17. The maximum atomic E-state index is 5.20. The Morgan fingerprint density at radius 3 is 0.736 bits per heavy atom. The summed E-state index contributed by atoms with van der Waals surface area (Å²) in [6.07, 6.45) is 9.13. The Morgan fingerprint density at radius 1 is 0.242 bits per heavy atom. The van der Waals surface area contributed by atoms with E-state index in [2.05, 4.69) is 306 Å². The first kappa shape index (κ1) is 54.1. The van der Waals surface area contributed by atoms with Gasteiger partial charge >= 0.3 is 0 Å². The van der Waals surface area contributed by atoms with Crippen molar-refractivity contribution in [2.24, 2.45) is 0 Å². The summed E-state index contributed by atoms with van der Waals surface area (Å²) in [4.78, 5) is 25.2. The zero-order chi connectivity index (χ0) is 61.3. The molecule has 0 radical (unpaired) electrons. The van der Waals surface area contributed by atoms with E-state index in [4.69, 9.17) is 19.9 Å². The van der Waals surface area contributed by atoms with Crippen molar-refractivity contribution in [2.75, 3.05) is 9.80 Å². The van der Waals surface area contributed by atoms with Crippen LogP contribution in [0.2, 0.25) is 0 Å². The van der Waals surface area contributed by atoms with Crippen LogP contribution in [0.15, 0.2) is 255 Å². The number of hydrogen-bond donors (Lipinski definition) is 0. The summed E-state index contributed by atoms with van der Waals surface area (Å²) in [6, 6.07) is 92.0. The van der Waals surface area contributed by atoms with E-state index in [0.29, 0.717) is 0 Å². The van der Waals surface area contributed by atoms with Gasteiger partial charge in [-0.2, -0.15) is 0 Å².